The number of ketones is 1. The van der Waals surface area contributed by atoms with Gasteiger partial charge in [0.1, 0.15) is 17.8 Å². The van der Waals surface area contributed by atoms with Gasteiger partial charge >= 0.3 is 5.97 Å². The number of alkyl halides is 1. The quantitative estimate of drug-likeness (QED) is 0.214. The number of carbonyl (C=O) groups excluding carboxylic acids is 2. The molecular formula is C26H35BrO4. The SMILES string of the molecule is C=C1C(=C)[C@H]2[C@@H]3C(Br)C4OC45CC(OC(=O)C(C)(C)C)CC[C@]5(C)[C@@H]3CC[C@]2(C)C1=O. The molecule has 0 aromatic heterocycles. The molecule has 0 aromatic rings. The van der Waals surface area contributed by atoms with E-state index in [4.69, 9.17) is 9.47 Å². The Morgan fingerprint density at radius 3 is 2.52 bits per heavy atom. The van der Waals surface area contributed by atoms with Crippen LogP contribution in [0.2, 0.25) is 0 Å². The van der Waals surface area contributed by atoms with E-state index in [-0.39, 0.29) is 51.1 Å². The number of epoxide rings is 1. The van der Waals surface area contributed by atoms with Gasteiger partial charge in [-0.25, -0.2) is 0 Å². The van der Waals surface area contributed by atoms with Crippen LogP contribution >= 0.6 is 15.9 Å². The third kappa shape index (κ3) is 2.62. The molecule has 31 heavy (non-hydrogen) atoms. The first-order chi connectivity index (χ1) is 14.3. The maximum absolute atomic E-state index is 13.1. The van der Waals surface area contributed by atoms with Crippen LogP contribution < -0.4 is 0 Å². The molecule has 5 heteroatoms. The zero-order chi connectivity index (χ0) is 22.7. The molecule has 5 aliphatic rings. The third-order valence-corrected chi connectivity index (χ3v) is 10.7. The van der Waals surface area contributed by atoms with Crippen molar-refractivity contribution in [3.8, 4) is 0 Å². The highest BCUT2D eigenvalue weighted by Gasteiger charge is 2.79. The van der Waals surface area contributed by atoms with Crippen LogP contribution in [0.5, 0.6) is 0 Å². The Morgan fingerprint density at radius 2 is 1.87 bits per heavy atom. The van der Waals surface area contributed by atoms with Gasteiger partial charge in [0.25, 0.3) is 0 Å². The Labute approximate surface area is 194 Å². The van der Waals surface area contributed by atoms with Crippen molar-refractivity contribution >= 4 is 27.7 Å². The van der Waals surface area contributed by atoms with E-state index < -0.39 is 5.41 Å². The minimum absolute atomic E-state index is 0.0197. The molecule has 0 N–H and O–H groups in total. The van der Waals surface area contributed by atoms with Gasteiger partial charge in [-0.3, -0.25) is 9.59 Å². The van der Waals surface area contributed by atoms with Gasteiger partial charge in [0.2, 0.25) is 0 Å². The van der Waals surface area contributed by atoms with Crippen LogP contribution in [-0.2, 0) is 19.1 Å². The lowest BCUT2D eigenvalue weighted by Gasteiger charge is -2.59. The molecule has 9 atom stereocenters. The zero-order valence-corrected chi connectivity index (χ0v) is 21.0. The monoisotopic (exact) mass is 490 g/mol. The minimum atomic E-state index is -0.497. The van der Waals surface area contributed by atoms with E-state index in [0.29, 0.717) is 17.4 Å². The van der Waals surface area contributed by atoms with Crippen molar-refractivity contribution in [2.45, 2.75) is 89.4 Å². The van der Waals surface area contributed by atoms with Crippen LogP contribution in [0.3, 0.4) is 0 Å². The molecule has 0 bridgehead atoms. The maximum Gasteiger partial charge on any atom is 0.311 e. The second kappa shape index (κ2) is 6.34. The number of esters is 1. The summed E-state index contributed by atoms with van der Waals surface area (Å²) >= 11 is 4.03. The van der Waals surface area contributed by atoms with Gasteiger partial charge in [-0.2, -0.15) is 0 Å². The first-order valence-corrected chi connectivity index (χ1v) is 12.7. The Balaban J connectivity index is 1.46. The number of ether oxygens (including phenoxy) is 2. The summed E-state index contributed by atoms with van der Waals surface area (Å²) in [7, 11) is 0. The lowest BCUT2D eigenvalue weighted by Crippen LogP contribution is -2.62. The molecule has 1 spiro atoms. The highest BCUT2D eigenvalue weighted by molar-refractivity contribution is 9.09. The van der Waals surface area contributed by atoms with Crippen molar-refractivity contribution in [2.75, 3.05) is 0 Å². The smallest absolute Gasteiger partial charge is 0.311 e. The third-order valence-electron chi connectivity index (χ3n) is 9.65. The normalized spacial score (nSPS) is 50.8. The summed E-state index contributed by atoms with van der Waals surface area (Å²) in [5.41, 5.74) is 0.472. The second-order valence-corrected chi connectivity index (χ2v) is 13.3. The number of fused-ring (bicyclic) bond motifs is 4. The van der Waals surface area contributed by atoms with Crippen LogP contribution in [-0.4, -0.2) is 34.4 Å². The van der Waals surface area contributed by atoms with Crippen LogP contribution in [0.1, 0.15) is 66.7 Å². The number of rotatable bonds is 1. The summed E-state index contributed by atoms with van der Waals surface area (Å²) in [5, 5.41) is 0. The van der Waals surface area contributed by atoms with E-state index in [1.807, 2.05) is 20.8 Å². The van der Waals surface area contributed by atoms with Crippen LogP contribution in [0.15, 0.2) is 24.3 Å². The van der Waals surface area contributed by atoms with Crippen molar-refractivity contribution in [1.82, 2.24) is 0 Å². The van der Waals surface area contributed by atoms with Crippen molar-refractivity contribution in [1.29, 1.82) is 0 Å². The molecule has 0 aromatic carbocycles. The topological polar surface area (TPSA) is 55.9 Å². The lowest BCUT2D eigenvalue weighted by molar-refractivity contribution is -0.167. The summed E-state index contributed by atoms with van der Waals surface area (Å²) in [6, 6.07) is 0. The highest BCUT2D eigenvalue weighted by Crippen LogP contribution is 2.74. The molecular weight excluding hydrogens is 456 g/mol. The van der Waals surface area contributed by atoms with E-state index in [1.54, 1.807) is 0 Å². The summed E-state index contributed by atoms with van der Waals surface area (Å²) in [4.78, 5) is 25.8. The van der Waals surface area contributed by atoms with Crippen molar-refractivity contribution in [2.24, 2.45) is 34.0 Å². The number of allylic oxidation sites excluding steroid dienone is 2. The molecule has 4 unspecified atom stereocenters. The average Bonchev–Trinajstić information content (AvgIpc) is 3.39. The van der Waals surface area contributed by atoms with Gasteiger partial charge in [-0.05, 0) is 63.9 Å². The van der Waals surface area contributed by atoms with E-state index in [2.05, 4.69) is 42.9 Å². The lowest BCUT2D eigenvalue weighted by atomic mass is 9.44. The van der Waals surface area contributed by atoms with Crippen LogP contribution in [0, 0.1) is 34.0 Å². The molecule has 1 aliphatic heterocycles. The predicted molar refractivity (Wildman–Crippen MR) is 123 cm³/mol. The highest BCUT2D eigenvalue weighted by atomic mass is 79.9. The number of hydrogen-bond donors (Lipinski definition) is 0. The number of hydrogen-bond acceptors (Lipinski definition) is 4. The molecule has 4 saturated carbocycles. The number of halogens is 1. The maximum atomic E-state index is 13.1. The largest absolute Gasteiger partial charge is 0.462 e. The second-order valence-electron chi connectivity index (χ2n) is 12.3. The van der Waals surface area contributed by atoms with Crippen LogP contribution in [0.25, 0.3) is 0 Å². The first-order valence-electron chi connectivity index (χ1n) is 11.7. The predicted octanol–water partition coefficient (Wildman–Crippen LogP) is 5.39. The van der Waals surface area contributed by atoms with Gasteiger partial charge in [0.15, 0.2) is 5.78 Å². The van der Waals surface area contributed by atoms with Gasteiger partial charge in [0.05, 0.1) is 5.41 Å². The number of carbonyl (C=O) groups is 2. The average molecular weight is 491 g/mol. The van der Waals surface area contributed by atoms with E-state index in [1.165, 1.54) is 0 Å². The summed E-state index contributed by atoms with van der Waals surface area (Å²) in [5.74, 6) is 0.951. The summed E-state index contributed by atoms with van der Waals surface area (Å²) in [6.07, 6.45) is 4.54. The Bertz CT molecular complexity index is 902. The van der Waals surface area contributed by atoms with Gasteiger partial charge < -0.3 is 9.47 Å². The summed E-state index contributed by atoms with van der Waals surface area (Å²) < 4.78 is 12.5. The fourth-order valence-electron chi connectivity index (χ4n) is 7.77. The number of Topliss-reactive ketones (excluding diaryl/α,β-unsaturated/α-hetero) is 1. The molecule has 170 valence electrons. The van der Waals surface area contributed by atoms with Gasteiger partial charge in [-0.15, -0.1) is 0 Å². The van der Waals surface area contributed by atoms with E-state index >= 15 is 0 Å². The van der Waals surface area contributed by atoms with Crippen LogP contribution in [0.4, 0.5) is 0 Å². The molecule has 4 aliphatic carbocycles. The molecule has 5 rings (SSSR count). The molecule has 1 saturated heterocycles. The Kier molecular flexibility index (Phi) is 4.48. The molecule has 1 heterocycles. The Hall–Kier alpha value is -0.940. The molecule has 5 fully saturated rings. The summed E-state index contributed by atoms with van der Waals surface area (Å²) in [6.45, 7) is 18.6. The Morgan fingerprint density at radius 1 is 1.19 bits per heavy atom. The van der Waals surface area contributed by atoms with E-state index in [9.17, 15) is 9.59 Å². The van der Waals surface area contributed by atoms with Crippen molar-refractivity contribution < 1.29 is 19.1 Å². The standard InChI is InChI=1S/C26H35BrO4/c1-13-14(2)20(28)24(6)10-9-16-17(18(13)24)19(27)21-26(31-21)12-15(8-11-25(16,26)7)30-22(29)23(3,4)5/h15-19,21H,1-2,8-12H2,3-7H3/t15?,16-,17-,18+,19?,21?,24+,25-,26?/m1/s1. The van der Waals surface area contributed by atoms with Gasteiger partial charge in [-0.1, -0.05) is 42.9 Å². The first kappa shape index (κ1) is 21.9. The molecule has 0 radical (unpaired) electrons. The zero-order valence-electron chi connectivity index (χ0n) is 19.4. The molecule has 0 amide bonds. The molecule has 4 nitrogen and oxygen atoms in total. The van der Waals surface area contributed by atoms with Crippen molar-refractivity contribution in [3.05, 3.63) is 24.3 Å². The van der Waals surface area contributed by atoms with Gasteiger partial charge in [0, 0.05) is 33.6 Å². The van der Waals surface area contributed by atoms with E-state index in [0.717, 1.165) is 37.7 Å². The van der Waals surface area contributed by atoms with Crippen molar-refractivity contribution in [3.63, 3.8) is 0 Å². The fourth-order valence-corrected chi connectivity index (χ4v) is 8.98. The minimum Gasteiger partial charge on any atom is -0.462 e. The fraction of sp³-hybridized carbons (Fsp3) is 0.769.